The molecule has 0 saturated carbocycles. The van der Waals surface area contributed by atoms with E-state index in [0.717, 1.165) is 81.8 Å². The molecule has 3 aliphatic heterocycles. The van der Waals surface area contributed by atoms with E-state index in [2.05, 4.69) is 35.5 Å². The number of ether oxygens (including phenoxy) is 1. The van der Waals surface area contributed by atoms with Crippen LogP contribution in [-0.4, -0.2) is 125 Å². The SMILES string of the molecule is CCN(CC)CC#Cc1cc(-c2nn(C[C@@H](O)CN3CCC(C4CCN(C(=O)OC(C)(C)C)CC4)CC3)c3c2CN(S(C)(=O)=O)CC3)ccc1Cl. The highest BCUT2D eigenvalue weighted by molar-refractivity contribution is 7.88. The number of amides is 1. The minimum Gasteiger partial charge on any atom is -0.444 e. The van der Waals surface area contributed by atoms with Gasteiger partial charge >= 0.3 is 6.09 Å². The van der Waals surface area contributed by atoms with E-state index in [0.29, 0.717) is 60.7 Å². The van der Waals surface area contributed by atoms with E-state index < -0.39 is 21.7 Å². The topological polar surface area (TPSA) is 111 Å². The van der Waals surface area contributed by atoms with Crippen LogP contribution in [0.4, 0.5) is 4.79 Å². The third-order valence-electron chi connectivity index (χ3n) is 10.6. The first-order chi connectivity index (χ1) is 24.1. The Morgan fingerprint density at radius 2 is 1.71 bits per heavy atom. The first-order valence-electron chi connectivity index (χ1n) is 18.6. The zero-order valence-corrected chi connectivity index (χ0v) is 32.9. The molecule has 1 aromatic heterocycles. The molecule has 1 aromatic carbocycles. The largest absolute Gasteiger partial charge is 0.444 e. The molecule has 0 spiro atoms. The predicted molar refractivity (Wildman–Crippen MR) is 202 cm³/mol. The van der Waals surface area contributed by atoms with Crippen molar-refractivity contribution in [3.8, 4) is 23.1 Å². The van der Waals surface area contributed by atoms with Crippen LogP contribution in [0.2, 0.25) is 5.02 Å². The minimum absolute atomic E-state index is 0.211. The molecule has 1 amide bonds. The summed E-state index contributed by atoms with van der Waals surface area (Å²) in [4.78, 5) is 18.9. The van der Waals surface area contributed by atoms with E-state index in [9.17, 15) is 18.3 Å². The van der Waals surface area contributed by atoms with Crippen LogP contribution in [0.5, 0.6) is 0 Å². The molecule has 5 rings (SSSR count). The number of aromatic nitrogens is 2. The van der Waals surface area contributed by atoms with Crippen molar-refractivity contribution in [2.45, 2.75) is 91.5 Å². The number of hydrogen-bond donors (Lipinski definition) is 1. The van der Waals surface area contributed by atoms with Gasteiger partial charge in [0, 0.05) is 61.5 Å². The monoisotopic (exact) mass is 744 g/mol. The standard InChI is InChI=1S/C38H57ClN6O5S/c1-7-41(8-2)18-9-10-30-24-31(11-12-34(30)39)36-33-27-44(51(6,48)49)23-17-35(33)45(40-36)26-32(46)25-42-19-13-28(14-20-42)29-15-21-43(22-16-29)37(47)50-38(3,4)5/h11-12,24,28-29,32,46H,7-8,13-23,25-27H2,1-6H3/t32-/m0/s1. The summed E-state index contributed by atoms with van der Waals surface area (Å²) >= 11 is 6.56. The van der Waals surface area contributed by atoms with Crippen LogP contribution in [0.3, 0.4) is 0 Å². The second-order valence-corrected chi connectivity index (χ2v) is 17.7. The number of aliphatic hydroxyl groups is 1. The first-order valence-corrected chi connectivity index (χ1v) is 20.8. The fraction of sp³-hybridized carbons (Fsp3) is 0.684. The number of fused-ring (bicyclic) bond motifs is 1. The van der Waals surface area contributed by atoms with Crippen molar-refractivity contribution in [1.82, 2.24) is 28.8 Å². The van der Waals surface area contributed by atoms with Crippen LogP contribution in [-0.2, 0) is 34.3 Å². The number of aliphatic hydroxyl groups excluding tert-OH is 1. The van der Waals surface area contributed by atoms with Gasteiger partial charge in [0.05, 0.1) is 36.2 Å². The van der Waals surface area contributed by atoms with Crippen molar-refractivity contribution in [2.24, 2.45) is 11.8 Å². The molecule has 4 heterocycles. The molecule has 2 aromatic rings. The molecule has 0 unspecified atom stereocenters. The number of β-amino-alcohol motifs (C(OH)–C–C–N with tert-alkyl or cyclic N) is 1. The second-order valence-electron chi connectivity index (χ2n) is 15.4. The predicted octanol–water partition coefficient (Wildman–Crippen LogP) is 4.93. The molecule has 11 nitrogen and oxygen atoms in total. The molecule has 1 N–H and O–H groups in total. The van der Waals surface area contributed by atoms with E-state index in [4.69, 9.17) is 21.4 Å². The highest BCUT2D eigenvalue weighted by Gasteiger charge is 2.34. The van der Waals surface area contributed by atoms with Gasteiger partial charge in [0.1, 0.15) is 5.60 Å². The van der Waals surface area contributed by atoms with Crippen molar-refractivity contribution < 1.29 is 23.1 Å². The lowest BCUT2D eigenvalue weighted by molar-refractivity contribution is 0.0123. The van der Waals surface area contributed by atoms with Crippen molar-refractivity contribution in [1.29, 1.82) is 0 Å². The molecule has 2 fully saturated rings. The summed E-state index contributed by atoms with van der Waals surface area (Å²) < 4.78 is 34.1. The van der Waals surface area contributed by atoms with Gasteiger partial charge in [-0.15, -0.1) is 0 Å². The van der Waals surface area contributed by atoms with E-state index >= 15 is 0 Å². The number of likely N-dealkylation sites (tertiary alicyclic amines) is 2. The van der Waals surface area contributed by atoms with Gasteiger partial charge in [0.15, 0.2) is 0 Å². The highest BCUT2D eigenvalue weighted by Crippen LogP contribution is 2.35. The van der Waals surface area contributed by atoms with Crippen molar-refractivity contribution in [3.63, 3.8) is 0 Å². The fourth-order valence-electron chi connectivity index (χ4n) is 7.64. The summed E-state index contributed by atoms with van der Waals surface area (Å²) in [6.45, 7) is 17.3. The molecular weight excluding hydrogens is 688 g/mol. The quantitative estimate of drug-likeness (QED) is 0.341. The maximum absolute atomic E-state index is 12.6. The van der Waals surface area contributed by atoms with Gasteiger partial charge in [-0.25, -0.2) is 13.2 Å². The number of piperidine rings is 2. The zero-order valence-electron chi connectivity index (χ0n) is 31.3. The van der Waals surface area contributed by atoms with Crippen LogP contribution < -0.4 is 0 Å². The van der Waals surface area contributed by atoms with E-state index in [1.54, 1.807) is 0 Å². The Labute approximate surface area is 310 Å². The number of carbonyl (C=O) groups is 1. The lowest BCUT2D eigenvalue weighted by atomic mass is 9.79. The number of rotatable bonds is 10. The number of hydrogen-bond acceptors (Lipinski definition) is 8. The van der Waals surface area contributed by atoms with Crippen molar-refractivity contribution >= 4 is 27.7 Å². The van der Waals surface area contributed by atoms with Gasteiger partial charge in [-0.2, -0.15) is 9.40 Å². The van der Waals surface area contributed by atoms with E-state index in [1.165, 1.54) is 10.6 Å². The Bertz CT molecular complexity index is 1680. The van der Waals surface area contributed by atoms with Gasteiger partial charge in [0.2, 0.25) is 10.0 Å². The van der Waals surface area contributed by atoms with Gasteiger partial charge in [-0.1, -0.05) is 43.4 Å². The van der Waals surface area contributed by atoms with Crippen LogP contribution >= 0.6 is 11.6 Å². The number of halogens is 1. The number of carbonyl (C=O) groups excluding carboxylic acids is 1. The fourth-order valence-corrected chi connectivity index (χ4v) is 8.59. The highest BCUT2D eigenvalue weighted by atomic mass is 35.5. The molecule has 0 aliphatic carbocycles. The summed E-state index contributed by atoms with van der Waals surface area (Å²) in [7, 11) is -3.40. The lowest BCUT2D eigenvalue weighted by Crippen LogP contribution is -2.45. The second kappa shape index (κ2) is 17.0. The minimum atomic E-state index is -3.40. The Morgan fingerprint density at radius 3 is 2.31 bits per heavy atom. The van der Waals surface area contributed by atoms with E-state index in [1.807, 2.05) is 48.6 Å². The van der Waals surface area contributed by atoms with Gasteiger partial charge in [0.25, 0.3) is 0 Å². The average molecular weight is 745 g/mol. The molecule has 3 aliphatic rings. The third kappa shape index (κ3) is 10.5. The van der Waals surface area contributed by atoms with Crippen LogP contribution in [0.25, 0.3) is 11.3 Å². The number of sulfonamides is 1. The Morgan fingerprint density at radius 1 is 1.06 bits per heavy atom. The van der Waals surface area contributed by atoms with Crippen LogP contribution in [0.1, 0.15) is 77.1 Å². The Hall–Kier alpha value is -2.66. The molecule has 0 bridgehead atoms. The average Bonchev–Trinajstić information content (AvgIpc) is 3.44. The normalized spacial score (nSPS) is 19.1. The summed E-state index contributed by atoms with van der Waals surface area (Å²) in [5.41, 5.74) is 3.58. The maximum Gasteiger partial charge on any atom is 0.410 e. The molecular formula is C38H57ClN6O5S. The smallest absolute Gasteiger partial charge is 0.410 e. The lowest BCUT2D eigenvalue weighted by Gasteiger charge is -2.40. The zero-order chi connectivity index (χ0) is 36.9. The molecule has 282 valence electrons. The number of benzene rings is 1. The van der Waals surface area contributed by atoms with Crippen LogP contribution in [0, 0.1) is 23.7 Å². The van der Waals surface area contributed by atoms with Crippen molar-refractivity contribution in [2.75, 3.05) is 65.2 Å². The molecule has 13 heteroatoms. The summed E-state index contributed by atoms with van der Waals surface area (Å²) in [5.74, 6) is 7.70. The number of nitrogens with zero attached hydrogens (tertiary/aromatic N) is 6. The van der Waals surface area contributed by atoms with E-state index in [-0.39, 0.29) is 12.6 Å². The Kier molecular flexibility index (Phi) is 13.2. The van der Waals surface area contributed by atoms with Crippen LogP contribution in [0.15, 0.2) is 18.2 Å². The Balaban J connectivity index is 1.23. The summed E-state index contributed by atoms with van der Waals surface area (Å²) in [6, 6.07) is 5.67. The third-order valence-corrected chi connectivity index (χ3v) is 12.2. The van der Waals surface area contributed by atoms with Gasteiger partial charge in [-0.05, 0) is 96.6 Å². The van der Waals surface area contributed by atoms with Gasteiger partial charge in [-0.3, -0.25) is 9.58 Å². The molecule has 2 saturated heterocycles. The maximum atomic E-state index is 12.6. The summed E-state index contributed by atoms with van der Waals surface area (Å²) in [5, 5.41) is 16.9. The molecule has 0 radical (unpaired) electrons. The molecule has 1 atom stereocenters. The van der Waals surface area contributed by atoms with Crippen molar-refractivity contribution in [3.05, 3.63) is 40.0 Å². The van der Waals surface area contributed by atoms with Gasteiger partial charge < -0.3 is 19.6 Å². The molecule has 51 heavy (non-hydrogen) atoms. The summed E-state index contributed by atoms with van der Waals surface area (Å²) in [6.07, 6.45) is 5.11. The first kappa shape index (κ1) is 39.5.